The molecule has 0 aliphatic rings. The molecule has 7 nitrogen and oxygen atoms in total. The maximum atomic E-state index is 8.33. The standard InChI is InChI=1S/C9H13N7S2/c10-4-14-7(11)1-2-18-8(16-9(12)13)6-3-17-5-15-6/h3,5,8H,1-2H2,(H2,11,14)(H4,12,13,16). The van der Waals surface area contributed by atoms with Crippen molar-refractivity contribution in [2.24, 2.45) is 27.2 Å². The van der Waals surface area contributed by atoms with Crippen molar-refractivity contribution in [3.05, 3.63) is 16.6 Å². The van der Waals surface area contributed by atoms with Crippen molar-refractivity contribution >= 4 is 34.9 Å². The summed E-state index contributed by atoms with van der Waals surface area (Å²) in [6.45, 7) is 0. The number of aliphatic imine (C=N–C) groups is 2. The molecule has 1 heterocycles. The van der Waals surface area contributed by atoms with Gasteiger partial charge in [-0.05, 0) is 0 Å². The first-order chi connectivity index (χ1) is 8.63. The Balaban J connectivity index is 2.57. The highest BCUT2D eigenvalue weighted by atomic mass is 32.2. The van der Waals surface area contributed by atoms with E-state index in [1.165, 1.54) is 23.1 Å². The number of hydrogen-bond acceptors (Lipinski definition) is 6. The molecule has 96 valence electrons. The van der Waals surface area contributed by atoms with E-state index < -0.39 is 0 Å². The minimum Gasteiger partial charge on any atom is -0.386 e. The zero-order valence-electron chi connectivity index (χ0n) is 9.48. The van der Waals surface area contributed by atoms with Gasteiger partial charge < -0.3 is 17.2 Å². The van der Waals surface area contributed by atoms with Crippen molar-refractivity contribution in [3.63, 3.8) is 0 Å². The number of nitrogens with two attached hydrogens (primary N) is 3. The second-order valence-electron chi connectivity index (χ2n) is 3.14. The lowest BCUT2D eigenvalue weighted by Crippen LogP contribution is -2.23. The monoisotopic (exact) mass is 283 g/mol. The van der Waals surface area contributed by atoms with E-state index >= 15 is 0 Å². The van der Waals surface area contributed by atoms with Gasteiger partial charge in [0.05, 0.1) is 11.2 Å². The molecule has 0 aliphatic carbocycles. The number of rotatable bonds is 6. The van der Waals surface area contributed by atoms with Gasteiger partial charge in [-0.1, -0.05) is 0 Å². The molecule has 0 fully saturated rings. The first-order valence-corrected chi connectivity index (χ1v) is 6.92. The summed E-state index contributed by atoms with van der Waals surface area (Å²) in [4.78, 5) is 11.7. The predicted octanol–water partition coefficient (Wildman–Crippen LogP) is 0.377. The Hall–Kier alpha value is -1.79. The van der Waals surface area contributed by atoms with E-state index in [1.807, 2.05) is 5.38 Å². The summed E-state index contributed by atoms with van der Waals surface area (Å²) in [6.07, 6.45) is 2.14. The van der Waals surface area contributed by atoms with Gasteiger partial charge in [-0.2, -0.15) is 10.3 Å². The number of hydrogen-bond donors (Lipinski definition) is 3. The van der Waals surface area contributed by atoms with Crippen LogP contribution in [0.3, 0.4) is 0 Å². The van der Waals surface area contributed by atoms with Crippen LogP contribution in [-0.4, -0.2) is 22.5 Å². The molecule has 0 saturated carbocycles. The number of guanidine groups is 1. The van der Waals surface area contributed by atoms with Crippen LogP contribution in [0.25, 0.3) is 0 Å². The number of thioether (sulfide) groups is 1. The number of amidine groups is 1. The predicted molar refractivity (Wildman–Crippen MR) is 75.0 cm³/mol. The van der Waals surface area contributed by atoms with Gasteiger partial charge in [0.1, 0.15) is 11.2 Å². The summed E-state index contributed by atoms with van der Waals surface area (Å²) in [7, 11) is 0. The Labute approximate surface area is 113 Å². The third-order valence-corrected chi connectivity index (χ3v) is 3.51. The Morgan fingerprint density at radius 2 is 2.33 bits per heavy atom. The summed E-state index contributed by atoms with van der Waals surface area (Å²) in [5, 5.41) is 9.96. The van der Waals surface area contributed by atoms with Gasteiger partial charge >= 0.3 is 0 Å². The van der Waals surface area contributed by atoms with Crippen LogP contribution in [0.4, 0.5) is 0 Å². The minimum atomic E-state index is -0.254. The van der Waals surface area contributed by atoms with E-state index in [9.17, 15) is 0 Å². The van der Waals surface area contributed by atoms with Gasteiger partial charge in [-0.25, -0.2) is 9.98 Å². The topological polar surface area (TPSA) is 139 Å². The SMILES string of the molecule is N#CN=C(N)CCSC(N=C(N)N)c1cscn1. The van der Waals surface area contributed by atoms with Crippen molar-refractivity contribution in [2.75, 3.05) is 5.75 Å². The fraction of sp³-hybridized carbons (Fsp3) is 0.333. The van der Waals surface area contributed by atoms with Crippen LogP contribution < -0.4 is 17.2 Å². The number of nitrogens with zero attached hydrogens (tertiary/aromatic N) is 4. The molecule has 0 bridgehead atoms. The molecular formula is C9H13N7S2. The molecule has 0 radical (unpaired) electrons. The highest BCUT2D eigenvalue weighted by Gasteiger charge is 2.13. The molecule has 6 N–H and O–H groups in total. The van der Waals surface area contributed by atoms with Crippen molar-refractivity contribution in [3.8, 4) is 6.19 Å². The zero-order chi connectivity index (χ0) is 13.4. The maximum absolute atomic E-state index is 8.33. The Kier molecular flexibility index (Phi) is 5.96. The van der Waals surface area contributed by atoms with Gasteiger partial charge in [0, 0.05) is 17.6 Å². The molecule has 1 rings (SSSR count). The third-order valence-electron chi connectivity index (χ3n) is 1.80. The van der Waals surface area contributed by atoms with Crippen LogP contribution in [0.15, 0.2) is 20.9 Å². The summed E-state index contributed by atoms with van der Waals surface area (Å²) < 4.78 is 0. The van der Waals surface area contributed by atoms with Gasteiger partial charge in [-0.15, -0.1) is 23.1 Å². The number of nitriles is 1. The van der Waals surface area contributed by atoms with Crippen molar-refractivity contribution in [2.45, 2.75) is 11.8 Å². The minimum absolute atomic E-state index is 0.0131. The lowest BCUT2D eigenvalue weighted by molar-refractivity contribution is 0.969. The second kappa shape index (κ2) is 7.52. The van der Waals surface area contributed by atoms with Crippen molar-refractivity contribution < 1.29 is 0 Å². The van der Waals surface area contributed by atoms with Crippen LogP contribution >= 0.6 is 23.1 Å². The van der Waals surface area contributed by atoms with E-state index in [1.54, 1.807) is 11.7 Å². The summed E-state index contributed by atoms with van der Waals surface area (Å²) in [5.74, 6) is 0.960. The van der Waals surface area contributed by atoms with Crippen LogP contribution in [0.5, 0.6) is 0 Å². The van der Waals surface area contributed by atoms with Crippen LogP contribution in [0.2, 0.25) is 0 Å². The molecule has 0 aromatic carbocycles. The normalized spacial score (nSPS) is 12.7. The molecule has 1 aromatic rings. The lowest BCUT2D eigenvalue weighted by atomic mass is 10.4. The molecule has 18 heavy (non-hydrogen) atoms. The van der Waals surface area contributed by atoms with E-state index in [0.29, 0.717) is 18.0 Å². The second-order valence-corrected chi connectivity index (χ2v) is 5.05. The highest BCUT2D eigenvalue weighted by molar-refractivity contribution is 7.99. The summed E-state index contributed by atoms with van der Waals surface area (Å²) in [5.41, 5.74) is 18.8. The van der Waals surface area contributed by atoms with E-state index in [2.05, 4.69) is 15.0 Å². The zero-order valence-corrected chi connectivity index (χ0v) is 11.1. The average molecular weight is 283 g/mol. The Morgan fingerprint density at radius 3 is 2.89 bits per heavy atom. The number of aromatic nitrogens is 1. The number of thiazole rings is 1. The van der Waals surface area contributed by atoms with Crippen molar-refractivity contribution in [1.82, 2.24) is 4.98 Å². The summed E-state index contributed by atoms with van der Waals surface area (Å²) in [6, 6.07) is 0. The van der Waals surface area contributed by atoms with Crippen LogP contribution in [0, 0.1) is 11.5 Å². The van der Waals surface area contributed by atoms with Crippen molar-refractivity contribution in [1.29, 1.82) is 5.26 Å². The van der Waals surface area contributed by atoms with Gasteiger partial charge in [0.15, 0.2) is 5.96 Å². The molecule has 1 atom stereocenters. The van der Waals surface area contributed by atoms with Gasteiger partial charge in [-0.3, -0.25) is 0 Å². The molecule has 0 saturated heterocycles. The smallest absolute Gasteiger partial charge is 0.207 e. The molecule has 1 aromatic heterocycles. The Morgan fingerprint density at radius 1 is 1.56 bits per heavy atom. The molecule has 0 aliphatic heterocycles. The third kappa shape index (κ3) is 5.03. The molecule has 0 spiro atoms. The largest absolute Gasteiger partial charge is 0.386 e. The fourth-order valence-electron chi connectivity index (χ4n) is 1.06. The molecule has 0 amide bonds. The fourth-order valence-corrected chi connectivity index (χ4v) is 2.77. The van der Waals surface area contributed by atoms with E-state index in [0.717, 1.165) is 5.69 Å². The van der Waals surface area contributed by atoms with Crippen LogP contribution in [-0.2, 0) is 0 Å². The molecule has 1 unspecified atom stereocenters. The quantitative estimate of drug-likeness (QED) is 0.391. The lowest BCUT2D eigenvalue weighted by Gasteiger charge is -2.09. The van der Waals surface area contributed by atoms with Gasteiger partial charge in [0.25, 0.3) is 0 Å². The summed E-state index contributed by atoms with van der Waals surface area (Å²) >= 11 is 2.96. The first-order valence-electron chi connectivity index (χ1n) is 4.93. The maximum Gasteiger partial charge on any atom is 0.207 e. The Bertz CT molecular complexity index is 456. The van der Waals surface area contributed by atoms with E-state index in [-0.39, 0.29) is 11.3 Å². The molecular weight excluding hydrogens is 270 g/mol. The average Bonchev–Trinajstić information content (AvgIpc) is 2.81. The molecule has 9 heteroatoms. The van der Waals surface area contributed by atoms with Gasteiger partial charge in [0.2, 0.25) is 6.19 Å². The van der Waals surface area contributed by atoms with E-state index in [4.69, 9.17) is 22.5 Å². The first kappa shape index (κ1) is 14.3. The van der Waals surface area contributed by atoms with Crippen LogP contribution in [0.1, 0.15) is 17.5 Å². The highest BCUT2D eigenvalue weighted by Crippen LogP contribution is 2.30.